The third-order valence-corrected chi connectivity index (χ3v) is 4.86. The summed E-state index contributed by atoms with van der Waals surface area (Å²) in [6.07, 6.45) is 0. The van der Waals surface area contributed by atoms with E-state index < -0.39 is 5.97 Å². The molecule has 21 heavy (non-hydrogen) atoms. The summed E-state index contributed by atoms with van der Waals surface area (Å²) in [4.78, 5) is 13.4. The van der Waals surface area contributed by atoms with E-state index in [9.17, 15) is 4.79 Å². The molecule has 3 rings (SSSR count). The lowest BCUT2D eigenvalue weighted by atomic mass is 9.85. The molecule has 110 valence electrons. The number of hydrogen-bond acceptors (Lipinski definition) is 2. The lowest BCUT2D eigenvalue weighted by Gasteiger charge is -2.45. The Kier molecular flexibility index (Phi) is 3.68. The maximum Gasteiger partial charge on any atom is 0.306 e. The predicted molar refractivity (Wildman–Crippen MR) is 84.2 cm³/mol. The summed E-state index contributed by atoms with van der Waals surface area (Å²) in [7, 11) is 0. The highest BCUT2D eigenvalue weighted by molar-refractivity contribution is 5.86. The Hall–Kier alpha value is -1.87. The van der Waals surface area contributed by atoms with Gasteiger partial charge in [0.15, 0.2) is 0 Å². The van der Waals surface area contributed by atoms with Crippen LogP contribution in [0.5, 0.6) is 0 Å². The number of likely N-dealkylation sites (tertiary alicyclic amines) is 1. The molecule has 3 heteroatoms. The van der Waals surface area contributed by atoms with E-state index in [0.717, 1.165) is 13.1 Å². The van der Waals surface area contributed by atoms with Crippen molar-refractivity contribution < 1.29 is 9.90 Å². The Morgan fingerprint density at radius 1 is 1.14 bits per heavy atom. The normalized spacial score (nSPS) is 19.1. The van der Waals surface area contributed by atoms with Crippen LogP contribution in [-0.4, -0.2) is 29.1 Å². The van der Waals surface area contributed by atoms with Gasteiger partial charge in [0.25, 0.3) is 0 Å². The molecule has 2 aromatic carbocycles. The van der Waals surface area contributed by atoms with Gasteiger partial charge in [0.1, 0.15) is 0 Å². The first kappa shape index (κ1) is 14.1. The largest absolute Gasteiger partial charge is 0.481 e. The second-order valence-corrected chi connectivity index (χ2v) is 6.09. The number of carboxylic acid groups (broad SMARTS) is 1. The first-order chi connectivity index (χ1) is 10.1. The summed E-state index contributed by atoms with van der Waals surface area (Å²) < 4.78 is 0. The minimum Gasteiger partial charge on any atom is -0.481 e. The van der Waals surface area contributed by atoms with Gasteiger partial charge in [0.05, 0.1) is 5.92 Å². The second-order valence-electron chi connectivity index (χ2n) is 6.09. The van der Waals surface area contributed by atoms with Gasteiger partial charge in [-0.25, -0.2) is 0 Å². The van der Waals surface area contributed by atoms with Crippen LogP contribution in [0, 0.1) is 11.8 Å². The molecule has 0 amide bonds. The molecule has 1 saturated heterocycles. The molecule has 1 aliphatic heterocycles. The summed E-state index contributed by atoms with van der Waals surface area (Å²) >= 11 is 0. The van der Waals surface area contributed by atoms with Crippen LogP contribution < -0.4 is 0 Å². The van der Waals surface area contributed by atoms with Crippen LogP contribution in [-0.2, 0) is 4.79 Å². The molecular weight excluding hydrogens is 262 g/mol. The molecule has 2 atom stereocenters. The van der Waals surface area contributed by atoms with Crippen molar-refractivity contribution in [2.45, 2.75) is 19.9 Å². The smallest absolute Gasteiger partial charge is 0.306 e. The summed E-state index contributed by atoms with van der Waals surface area (Å²) in [5.74, 6) is -0.654. The molecule has 0 aliphatic carbocycles. The van der Waals surface area contributed by atoms with E-state index in [1.54, 1.807) is 0 Å². The highest BCUT2D eigenvalue weighted by Crippen LogP contribution is 2.34. The summed E-state index contributed by atoms with van der Waals surface area (Å²) in [5.41, 5.74) is 1.33. The average Bonchev–Trinajstić information content (AvgIpc) is 2.44. The van der Waals surface area contributed by atoms with Gasteiger partial charge in [-0.3, -0.25) is 9.69 Å². The number of carbonyl (C=O) groups is 1. The second kappa shape index (κ2) is 5.49. The third-order valence-electron chi connectivity index (χ3n) is 4.86. The molecule has 0 radical (unpaired) electrons. The Morgan fingerprint density at radius 2 is 1.81 bits per heavy atom. The zero-order chi connectivity index (χ0) is 15.0. The molecule has 1 fully saturated rings. The zero-order valence-electron chi connectivity index (χ0n) is 12.5. The van der Waals surface area contributed by atoms with Gasteiger partial charge in [-0.15, -0.1) is 0 Å². The summed E-state index contributed by atoms with van der Waals surface area (Å²) in [5, 5.41) is 11.6. The van der Waals surface area contributed by atoms with E-state index in [1.165, 1.54) is 16.3 Å². The Balaban J connectivity index is 1.77. The topological polar surface area (TPSA) is 40.5 Å². The summed E-state index contributed by atoms with van der Waals surface area (Å²) in [6, 6.07) is 15.2. The fourth-order valence-electron chi connectivity index (χ4n) is 3.19. The van der Waals surface area contributed by atoms with Gasteiger partial charge in [0.2, 0.25) is 0 Å². The SMILES string of the molecule is CC(C(=O)O)C1CN(C(C)c2cccc3ccccc23)C1. The maximum atomic E-state index is 11.0. The van der Waals surface area contributed by atoms with Crippen LogP contribution in [0.2, 0.25) is 0 Å². The molecule has 1 aliphatic rings. The minimum atomic E-state index is -0.683. The van der Waals surface area contributed by atoms with Gasteiger partial charge in [-0.05, 0) is 29.2 Å². The first-order valence-electron chi connectivity index (χ1n) is 7.52. The molecule has 0 saturated carbocycles. The lowest BCUT2D eigenvalue weighted by molar-refractivity contribution is -0.145. The summed E-state index contributed by atoms with van der Waals surface area (Å²) in [6.45, 7) is 5.77. The fraction of sp³-hybridized carbons (Fsp3) is 0.389. The monoisotopic (exact) mass is 283 g/mol. The number of aliphatic carboxylic acids is 1. The van der Waals surface area contributed by atoms with Gasteiger partial charge >= 0.3 is 5.97 Å². The fourth-order valence-corrected chi connectivity index (χ4v) is 3.19. The molecule has 0 aromatic heterocycles. The third kappa shape index (κ3) is 2.54. The van der Waals surface area contributed by atoms with Crippen LogP contribution in [0.3, 0.4) is 0 Å². The molecule has 1 heterocycles. The quantitative estimate of drug-likeness (QED) is 0.932. The number of carboxylic acids is 1. The van der Waals surface area contributed by atoms with Crippen LogP contribution in [0.15, 0.2) is 42.5 Å². The van der Waals surface area contributed by atoms with Crippen molar-refractivity contribution in [2.24, 2.45) is 11.8 Å². The molecule has 0 bridgehead atoms. The average molecular weight is 283 g/mol. The van der Waals surface area contributed by atoms with E-state index in [2.05, 4.69) is 54.3 Å². The molecule has 3 nitrogen and oxygen atoms in total. The molecule has 2 aromatic rings. The lowest BCUT2D eigenvalue weighted by Crippen LogP contribution is -2.51. The number of hydrogen-bond donors (Lipinski definition) is 1. The van der Waals surface area contributed by atoms with Gasteiger partial charge in [0, 0.05) is 19.1 Å². The van der Waals surface area contributed by atoms with Crippen molar-refractivity contribution >= 4 is 16.7 Å². The van der Waals surface area contributed by atoms with Crippen LogP contribution in [0.4, 0.5) is 0 Å². The van der Waals surface area contributed by atoms with Gasteiger partial charge < -0.3 is 5.11 Å². The van der Waals surface area contributed by atoms with Gasteiger partial charge in [-0.2, -0.15) is 0 Å². The van der Waals surface area contributed by atoms with Crippen molar-refractivity contribution in [1.82, 2.24) is 4.90 Å². The van der Waals surface area contributed by atoms with Crippen LogP contribution in [0.1, 0.15) is 25.5 Å². The molecule has 0 spiro atoms. The number of fused-ring (bicyclic) bond motifs is 1. The van der Waals surface area contributed by atoms with Crippen LogP contribution >= 0.6 is 0 Å². The van der Waals surface area contributed by atoms with Crippen molar-refractivity contribution in [3.05, 3.63) is 48.0 Å². The van der Waals surface area contributed by atoms with Crippen molar-refractivity contribution in [3.63, 3.8) is 0 Å². The van der Waals surface area contributed by atoms with Crippen LogP contribution in [0.25, 0.3) is 10.8 Å². The van der Waals surface area contributed by atoms with E-state index in [1.807, 2.05) is 6.92 Å². The zero-order valence-corrected chi connectivity index (χ0v) is 12.5. The standard InChI is InChI=1S/C18H21NO2/c1-12(18(20)21)15-10-19(11-15)13(2)16-9-5-7-14-6-3-4-8-17(14)16/h3-9,12-13,15H,10-11H2,1-2H3,(H,20,21). The van der Waals surface area contributed by atoms with Crippen molar-refractivity contribution in [1.29, 1.82) is 0 Å². The minimum absolute atomic E-state index is 0.249. The molecular formula is C18H21NO2. The first-order valence-corrected chi connectivity index (χ1v) is 7.52. The van der Waals surface area contributed by atoms with Crippen molar-refractivity contribution in [3.8, 4) is 0 Å². The highest BCUT2D eigenvalue weighted by Gasteiger charge is 2.37. The molecule has 2 unspecified atom stereocenters. The highest BCUT2D eigenvalue weighted by atomic mass is 16.4. The maximum absolute atomic E-state index is 11.0. The van der Waals surface area contributed by atoms with E-state index >= 15 is 0 Å². The Morgan fingerprint density at radius 3 is 2.52 bits per heavy atom. The Labute approximate surface area is 125 Å². The predicted octanol–water partition coefficient (Wildman–Crippen LogP) is 3.55. The number of nitrogens with zero attached hydrogens (tertiary/aromatic N) is 1. The van der Waals surface area contributed by atoms with Gasteiger partial charge in [-0.1, -0.05) is 49.4 Å². The number of benzene rings is 2. The van der Waals surface area contributed by atoms with E-state index in [0.29, 0.717) is 6.04 Å². The molecule has 1 N–H and O–H groups in total. The van der Waals surface area contributed by atoms with Crippen molar-refractivity contribution in [2.75, 3.05) is 13.1 Å². The number of rotatable bonds is 4. The van der Waals surface area contributed by atoms with E-state index in [4.69, 9.17) is 5.11 Å². The van der Waals surface area contributed by atoms with E-state index in [-0.39, 0.29) is 11.8 Å². The Bertz CT molecular complexity index is 656.